The largest absolute Gasteiger partial charge is 0.383 e. The van der Waals surface area contributed by atoms with Crippen LogP contribution in [0.3, 0.4) is 0 Å². The zero-order chi connectivity index (χ0) is 15.7. The molecule has 0 bridgehead atoms. The average Bonchev–Trinajstić information content (AvgIpc) is 2.44. The lowest BCUT2D eigenvalue weighted by Gasteiger charge is -2.24. The Kier molecular flexibility index (Phi) is 8.27. The summed E-state index contributed by atoms with van der Waals surface area (Å²) in [5.74, 6) is 0.990. The van der Waals surface area contributed by atoms with Crippen LogP contribution in [-0.2, 0) is 16.0 Å². The van der Waals surface area contributed by atoms with Gasteiger partial charge in [0.25, 0.3) is 0 Å². The third kappa shape index (κ3) is 6.89. The minimum atomic E-state index is 0.472. The molecule has 0 amide bonds. The summed E-state index contributed by atoms with van der Waals surface area (Å²) < 4.78 is 10.4. The average molecular weight is 295 g/mol. The predicted molar refractivity (Wildman–Crippen MR) is 86.9 cm³/mol. The van der Waals surface area contributed by atoms with E-state index in [0.717, 1.165) is 31.1 Å². The molecule has 0 saturated carbocycles. The smallest absolute Gasteiger partial charge is 0.129 e. The highest BCUT2D eigenvalue weighted by molar-refractivity contribution is 5.42. The van der Waals surface area contributed by atoms with Gasteiger partial charge in [0.15, 0.2) is 0 Å². The van der Waals surface area contributed by atoms with Crippen molar-refractivity contribution >= 4 is 5.82 Å². The summed E-state index contributed by atoms with van der Waals surface area (Å²) in [6, 6.07) is 4.75. The number of aryl methyl sites for hydroxylation is 1. The maximum Gasteiger partial charge on any atom is 0.129 e. The Balaban J connectivity index is 2.84. The van der Waals surface area contributed by atoms with E-state index >= 15 is 0 Å². The summed E-state index contributed by atoms with van der Waals surface area (Å²) >= 11 is 0. The Morgan fingerprint density at radius 3 is 2.29 bits per heavy atom. The van der Waals surface area contributed by atoms with Crippen LogP contribution in [0.4, 0.5) is 5.82 Å². The SMILES string of the molecule is COCCN(CCOC)c1cc(CNC(C)C)cc(C)n1. The van der Waals surface area contributed by atoms with E-state index in [1.807, 2.05) is 6.92 Å². The number of hydrogen-bond acceptors (Lipinski definition) is 5. The number of nitrogens with one attached hydrogen (secondary N) is 1. The molecule has 21 heavy (non-hydrogen) atoms. The van der Waals surface area contributed by atoms with E-state index in [-0.39, 0.29) is 0 Å². The van der Waals surface area contributed by atoms with Gasteiger partial charge in [-0.3, -0.25) is 0 Å². The monoisotopic (exact) mass is 295 g/mol. The van der Waals surface area contributed by atoms with Crippen LogP contribution >= 0.6 is 0 Å². The summed E-state index contributed by atoms with van der Waals surface area (Å²) in [7, 11) is 3.44. The second-order valence-electron chi connectivity index (χ2n) is 5.48. The summed E-state index contributed by atoms with van der Waals surface area (Å²) in [6.07, 6.45) is 0. The van der Waals surface area contributed by atoms with E-state index in [9.17, 15) is 0 Å². The maximum atomic E-state index is 5.19. The normalized spacial score (nSPS) is 11.1. The van der Waals surface area contributed by atoms with Crippen LogP contribution in [-0.4, -0.2) is 51.5 Å². The molecule has 1 aromatic rings. The zero-order valence-corrected chi connectivity index (χ0v) is 14.0. The summed E-state index contributed by atoms with van der Waals surface area (Å²) in [5, 5.41) is 3.45. The summed E-state index contributed by atoms with van der Waals surface area (Å²) in [6.45, 7) is 10.2. The van der Waals surface area contributed by atoms with Gasteiger partial charge in [0.1, 0.15) is 5.82 Å². The van der Waals surface area contributed by atoms with E-state index in [4.69, 9.17) is 9.47 Å². The lowest BCUT2D eigenvalue weighted by molar-refractivity contribution is 0.190. The topological polar surface area (TPSA) is 46.6 Å². The Bertz CT molecular complexity index is 403. The number of nitrogens with zero attached hydrogens (tertiary/aromatic N) is 2. The second-order valence-corrected chi connectivity index (χ2v) is 5.48. The number of hydrogen-bond donors (Lipinski definition) is 1. The highest BCUT2D eigenvalue weighted by Gasteiger charge is 2.10. The van der Waals surface area contributed by atoms with Crippen molar-refractivity contribution in [3.63, 3.8) is 0 Å². The Morgan fingerprint density at radius 2 is 1.76 bits per heavy atom. The molecular weight excluding hydrogens is 266 g/mol. The highest BCUT2D eigenvalue weighted by atomic mass is 16.5. The van der Waals surface area contributed by atoms with Crippen molar-refractivity contribution in [1.29, 1.82) is 0 Å². The van der Waals surface area contributed by atoms with Crippen molar-refractivity contribution in [2.24, 2.45) is 0 Å². The van der Waals surface area contributed by atoms with Gasteiger partial charge in [0.2, 0.25) is 0 Å². The molecule has 0 aliphatic carbocycles. The molecule has 0 aliphatic rings. The summed E-state index contributed by atoms with van der Waals surface area (Å²) in [5.41, 5.74) is 2.29. The van der Waals surface area contributed by atoms with E-state index in [1.54, 1.807) is 14.2 Å². The number of pyridine rings is 1. The molecule has 5 nitrogen and oxygen atoms in total. The van der Waals surface area contributed by atoms with Gasteiger partial charge in [-0.15, -0.1) is 0 Å². The van der Waals surface area contributed by atoms with E-state index in [1.165, 1.54) is 5.56 Å². The number of methoxy groups -OCH3 is 2. The van der Waals surface area contributed by atoms with Crippen molar-refractivity contribution in [2.45, 2.75) is 33.4 Å². The molecule has 0 aliphatic heterocycles. The van der Waals surface area contributed by atoms with Crippen molar-refractivity contribution in [3.05, 3.63) is 23.4 Å². The molecule has 0 fully saturated rings. The minimum absolute atomic E-state index is 0.472. The van der Waals surface area contributed by atoms with Crippen LogP contribution in [0.2, 0.25) is 0 Å². The molecule has 0 saturated heterocycles. The first-order valence-electron chi connectivity index (χ1n) is 7.50. The molecule has 0 atom stereocenters. The number of anilines is 1. The van der Waals surface area contributed by atoms with Crippen LogP contribution in [0.25, 0.3) is 0 Å². The molecule has 0 unspecified atom stereocenters. The number of aromatic nitrogens is 1. The molecule has 0 spiro atoms. The highest BCUT2D eigenvalue weighted by Crippen LogP contribution is 2.15. The fourth-order valence-corrected chi connectivity index (χ4v) is 2.05. The van der Waals surface area contributed by atoms with Gasteiger partial charge in [-0.1, -0.05) is 13.8 Å². The van der Waals surface area contributed by atoms with Crippen molar-refractivity contribution in [1.82, 2.24) is 10.3 Å². The Hall–Kier alpha value is -1.17. The molecule has 1 rings (SSSR count). The standard InChI is InChI=1S/C16H29N3O2/c1-13(2)17-12-15-10-14(3)18-16(11-15)19(6-8-20-4)7-9-21-5/h10-11,13,17H,6-9,12H2,1-5H3. The molecule has 0 radical (unpaired) electrons. The first kappa shape index (κ1) is 17.9. The van der Waals surface area contributed by atoms with Crippen molar-refractivity contribution < 1.29 is 9.47 Å². The fourth-order valence-electron chi connectivity index (χ4n) is 2.05. The second kappa shape index (κ2) is 9.71. The molecule has 1 heterocycles. The lowest BCUT2D eigenvalue weighted by atomic mass is 10.2. The lowest BCUT2D eigenvalue weighted by Crippen LogP contribution is -2.31. The van der Waals surface area contributed by atoms with Gasteiger partial charge < -0.3 is 19.7 Å². The molecule has 1 aromatic heterocycles. The van der Waals surface area contributed by atoms with E-state index < -0.39 is 0 Å². The van der Waals surface area contributed by atoms with Gasteiger partial charge in [0, 0.05) is 45.6 Å². The van der Waals surface area contributed by atoms with E-state index in [0.29, 0.717) is 19.3 Å². The third-order valence-electron chi connectivity index (χ3n) is 3.17. The first-order valence-corrected chi connectivity index (χ1v) is 7.50. The summed E-state index contributed by atoms with van der Waals surface area (Å²) in [4.78, 5) is 6.86. The van der Waals surface area contributed by atoms with Gasteiger partial charge in [-0.25, -0.2) is 4.98 Å². The molecular formula is C16H29N3O2. The molecule has 5 heteroatoms. The predicted octanol–water partition coefficient (Wildman–Crippen LogP) is 1.99. The van der Waals surface area contributed by atoms with Crippen molar-refractivity contribution in [2.75, 3.05) is 45.4 Å². The zero-order valence-electron chi connectivity index (χ0n) is 14.0. The quantitative estimate of drug-likeness (QED) is 0.715. The van der Waals surface area contributed by atoms with Crippen LogP contribution in [0.5, 0.6) is 0 Å². The number of ether oxygens (including phenoxy) is 2. The van der Waals surface area contributed by atoms with Crippen LogP contribution < -0.4 is 10.2 Å². The van der Waals surface area contributed by atoms with E-state index in [2.05, 4.69) is 41.2 Å². The molecule has 120 valence electrons. The van der Waals surface area contributed by atoms with Crippen LogP contribution in [0.15, 0.2) is 12.1 Å². The van der Waals surface area contributed by atoms with Crippen LogP contribution in [0, 0.1) is 6.92 Å². The minimum Gasteiger partial charge on any atom is -0.383 e. The van der Waals surface area contributed by atoms with Crippen molar-refractivity contribution in [3.8, 4) is 0 Å². The van der Waals surface area contributed by atoms with Crippen LogP contribution in [0.1, 0.15) is 25.1 Å². The first-order chi connectivity index (χ1) is 10.1. The van der Waals surface area contributed by atoms with Gasteiger partial charge >= 0.3 is 0 Å². The molecule has 1 N–H and O–H groups in total. The van der Waals surface area contributed by atoms with Gasteiger partial charge in [-0.05, 0) is 24.6 Å². The fraction of sp³-hybridized carbons (Fsp3) is 0.688. The Labute approximate surface area is 128 Å². The van der Waals surface area contributed by atoms with Gasteiger partial charge in [0.05, 0.1) is 13.2 Å². The Morgan fingerprint density at radius 1 is 1.14 bits per heavy atom. The maximum absolute atomic E-state index is 5.19. The number of rotatable bonds is 10. The molecule has 0 aromatic carbocycles. The van der Waals surface area contributed by atoms with Gasteiger partial charge in [-0.2, -0.15) is 0 Å². The third-order valence-corrected chi connectivity index (χ3v) is 3.17.